The number of hydrogen-bond donors (Lipinski definition) is 2. The van der Waals surface area contributed by atoms with Crippen LogP contribution >= 0.6 is 0 Å². The molecule has 0 spiro atoms. The minimum absolute atomic E-state index is 0.0280. The maximum Gasteiger partial charge on any atom is 0.233 e. The van der Waals surface area contributed by atoms with E-state index in [1.807, 2.05) is 41.2 Å². The molecule has 5 heteroatoms. The molecule has 2 aromatic rings. The Balaban J connectivity index is 1.88. The highest BCUT2D eigenvalue weighted by Crippen LogP contribution is 2.12. The second-order valence-electron chi connectivity index (χ2n) is 5.38. The van der Waals surface area contributed by atoms with Gasteiger partial charge in [-0.25, -0.2) is 4.68 Å². The Bertz CT molecular complexity index is 563. The van der Waals surface area contributed by atoms with Crippen molar-refractivity contribution in [2.75, 3.05) is 13.1 Å². The van der Waals surface area contributed by atoms with Crippen LogP contribution in [0.1, 0.15) is 19.4 Å². The second kappa shape index (κ2) is 7.59. The van der Waals surface area contributed by atoms with Crippen LogP contribution in [-0.2, 0) is 11.3 Å². The summed E-state index contributed by atoms with van der Waals surface area (Å²) in [7, 11) is 0. The topological polar surface area (TPSA) is 59.0 Å². The van der Waals surface area contributed by atoms with E-state index in [1.54, 1.807) is 6.20 Å². The molecule has 1 heterocycles. The van der Waals surface area contributed by atoms with Gasteiger partial charge in [-0.3, -0.25) is 4.79 Å². The molecule has 0 aliphatic heterocycles. The average molecular weight is 286 g/mol. The molecule has 21 heavy (non-hydrogen) atoms. The zero-order chi connectivity index (χ0) is 15.1. The normalized spacial score (nSPS) is 10.8. The van der Waals surface area contributed by atoms with Crippen LogP contribution in [0.5, 0.6) is 0 Å². The van der Waals surface area contributed by atoms with Gasteiger partial charge in [-0.2, -0.15) is 5.10 Å². The van der Waals surface area contributed by atoms with E-state index in [2.05, 4.69) is 29.6 Å². The number of hydrogen-bond acceptors (Lipinski definition) is 3. The smallest absolute Gasteiger partial charge is 0.233 e. The lowest BCUT2D eigenvalue weighted by atomic mass is 10.2. The maximum absolute atomic E-state index is 11.7. The van der Waals surface area contributed by atoms with E-state index in [0.29, 0.717) is 25.6 Å². The SMILES string of the molecule is CC(C)CNC(=O)CNCc1ccccc1-n1cccn1. The predicted octanol–water partition coefficient (Wildman–Crippen LogP) is 1.73. The van der Waals surface area contributed by atoms with Crippen molar-refractivity contribution in [2.24, 2.45) is 5.92 Å². The summed E-state index contributed by atoms with van der Waals surface area (Å²) < 4.78 is 1.83. The molecule has 1 aromatic heterocycles. The maximum atomic E-state index is 11.7. The Morgan fingerprint density at radius 1 is 1.29 bits per heavy atom. The molecule has 0 fully saturated rings. The average Bonchev–Trinajstić information content (AvgIpc) is 3.00. The van der Waals surface area contributed by atoms with Gasteiger partial charge in [-0.15, -0.1) is 0 Å². The largest absolute Gasteiger partial charge is 0.355 e. The van der Waals surface area contributed by atoms with Gasteiger partial charge in [0.2, 0.25) is 5.91 Å². The molecular formula is C16H22N4O. The Morgan fingerprint density at radius 3 is 2.81 bits per heavy atom. The molecule has 0 radical (unpaired) electrons. The van der Waals surface area contributed by atoms with Crippen LogP contribution in [-0.4, -0.2) is 28.8 Å². The van der Waals surface area contributed by atoms with Crippen molar-refractivity contribution >= 4 is 5.91 Å². The van der Waals surface area contributed by atoms with E-state index in [4.69, 9.17) is 0 Å². The van der Waals surface area contributed by atoms with E-state index < -0.39 is 0 Å². The van der Waals surface area contributed by atoms with Crippen LogP contribution in [0.2, 0.25) is 0 Å². The lowest BCUT2D eigenvalue weighted by molar-refractivity contribution is -0.120. The number of nitrogens with zero attached hydrogens (tertiary/aromatic N) is 2. The third kappa shape index (κ3) is 4.72. The number of nitrogens with one attached hydrogen (secondary N) is 2. The summed E-state index contributed by atoms with van der Waals surface area (Å²) in [6, 6.07) is 9.92. The highest BCUT2D eigenvalue weighted by atomic mass is 16.1. The summed E-state index contributed by atoms with van der Waals surface area (Å²) in [4.78, 5) is 11.7. The van der Waals surface area contributed by atoms with Gasteiger partial charge in [-0.1, -0.05) is 32.0 Å². The van der Waals surface area contributed by atoms with Crippen LogP contribution in [0.3, 0.4) is 0 Å². The molecule has 0 bridgehead atoms. The fourth-order valence-electron chi connectivity index (χ4n) is 1.99. The van der Waals surface area contributed by atoms with E-state index in [0.717, 1.165) is 11.3 Å². The first-order valence-corrected chi connectivity index (χ1v) is 7.22. The molecule has 0 aliphatic carbocycles. The van der Waals surface area contributed by atoms with Crippen molar-refractivity contribution in [1.29, 1.82) is 0 Å². The number of aromatic nitrogens is 2. The van der Waals surface area contributed by atoms with Crippen molar-refractivity contribution in [2.45, 2.75) is 20.4 Å². The van der Waals surface area contributed by atoms with Gasteiger partial charge in [0.05, 0.1) is 12.2 Å². The Morgan fingerprint density at radius 2 is 2.10 bits per heavy atom. The summed E-state index contributed by atoms with van der Waals surface area (Å²) in [5, 5.41) is 10.3. The van der Waals surface area contributed by atoms with Crippen molar-refractivity contribution in [3.8, 4) is 5.69 Å². The molecule has 112 valence electrons. The van der Waals surface area contributed by atoms with Gasteiger partial charge in [0.1, 0.15) is 0 Å². The van der Waals surface area contributed by atoms with Crippen molar-refractivity contribution in [1.82, 2.24) is 20.4 Å². The first kappa shape index (κ1) is 15.3. The Labute approximate surface area is 125 Å². The molecule has 1 aromatic carbocycles. The van der Waals surface area contributed by atoms with E-state index >= 15 is 0 Å². The van der Waals surface area contributed by atoms with Gasteiger partial charge in [0, 0.05) is 25.5 Å². The highest BCUT2D eigenvalue weighted by molar-refractivity contribution is 5.77. The summed E-state index contributed by atoms with van der Waals surface area (Å²) in [5.41, 5.74) is 2.13. The van der Waals surface area contributed by atoms with E-state index in [9.17, 15) is 4.79 Å². The molecule has 0 saturated carbocycles. The molecule has 0 atom stereocenters. The third-order valence-corrected chi connectivity index (χ3v) is 3.05. The quantitative estimate of drug-likeness (QED) is 0.815. The van der Waals surface area contributed by atoms with Crippen LogP contribution in [0, 0.1) is 5.92 Å². The molecule has 2 rings (SSSR count). The lowest BCUT2D eigenvalue weighted by Gasteiger charge is -2.11. The van der Waals surface area contributed by atoms with Crippen LogP contribution in [0.4, 0.5) is 0 Å². The first-order valence-electron chi connectivity index (χ1n) is 7.22. The lowest BCUT2D eigenvalue weighted by Crippen LogP contribution is -2.35. The minimum Gasteiger partial charge on any atom is -0.355 e. The Kier molecular flexibility index (Phi) is 5.51. The molecule has 2 N–H and O–H groups in total. The number of carbonyl (C=O) groups is 1. The minimum atomic E-state index is 0.0280. The Hall–Kier alpha value is -2.14. The van der Waals surface area contributed by atoms with Crippen molar-refractivity contribution in [3.05, 3.63) is 48.3 Å². The molecule has 5 nitrogen and oxygen atoms in total. The van der Waals surface area contributed by atoms with E-state index in [1.165, 1.54) is 0 Å². The number of benzene rings is 1. The van der Waals surface area contributed by atoms with Crippen LogP contribution in [0.15, 0.2) is 42.7 Å². The fourth-order valence-corrected chi connectivity index (χ4v) is 1.99. The van der Waals surface area contributed by atoms with Crippen molar-refractivity contribution in [3.63, 3.8) is 0 Å². The van der Waals surface area contributed by atoms with Gasteiger partial charge >= 0.3 is 0 Å². The number of carbonyl (C=O) groups excluding carboxylic acids is 1. The molecule has 0 unspecified atom stereocenters. The molecule has 0 aliphatic rings. The summed E-state index contributed by atoms with van der Waals surface area (Å²) >= 11 is 0. The summed E-state index contributed by atoms with van der Waals surface area (Å²) in [6.07, 6.45) is 3.66. The third-order valence-electron chi connectivity index (χ3n) is 3.05. The summed E-state index contributed by atoms with van der Waals surface area (Å²) in [6.45, 7) is 5.82. The van der Waals surface area contributed by atoms with Crippen LogP contribution in [0.25, 0.3) is 5.69 Å². The highest BCUT2D eigenvalue weighted by Gasteiger charge is 2.05. The number of para-hydroxylation sites is 1. The van der Waals surface area contributed by atoms with Gasteiger partial charge < -0.3 is 10.6 Å². The molecular weight excluding hydrogens is 264 g/mol. The standard InChI is InChI=1S/C16H22N4O/c1-13(2)10-18-16(21)12-17-11-14-6-3-4-7-15(14)20-9-5-8-19-20/h3-9,13,17H,10-12H2,1-2H3,(H,18,21). The van der Waals surface area contributed by atoms with Gasteiger partial charge in [0.25, 0.3) is 0 Å². The number of amides is 1. The molecule has 1 amide bonds. The molecule has 0 saturated heterocycles. The number of rotatable bonds is 7. The van der Waals surface area contributed by atoms with E-state index in [-0.39, 0.29) is 5.91 Å². The first-order chi connectivity index (χ1) is 10.2. The summed E-state index contributed by atoms with van der Waals surface area (Å²) in [5.74, 6) is 0.495. The second-order valence-corrected chi connectivity index (χ2v) is 5.38. The van der Waals surface area contributed by atoms with Gasteiger partial charge in [0.15, 0.2) is 0 Å². The van der Waals surface area contributed by atoms with Crippen LogP contribution < -0.4 is 10.6 Å². The van der Waals surface area contributed by atoms with Gasteiger partial charge in [-0.05, 0) is 23.6 Å². The zero-order valence-corrected chi connectivity index (χ0v) is 12.5. The fraction of sp³-hybridized carbons (Fsp3) is 0.375. The zero-order valence-electron chi connectivity index (χ0n) is 12.5. The predicted molar refractivity (Wildman–Crippen MR) is 83.1 cm³/mol. The monoisotopic (exact) mass is 286 g/mol. The van der Waals surface area contributed by atoms with Crippen molar-refractivity contribution < 1.29 is 4.79 Å².